The van der Waals surface area contributed by atoms with Gasteiger partial charge in [-0.05, 0) is 45.3 Å². The van der Waals surface area contributed by atoms with E-state index >= 15 is 0 Å². The molecule has 5 heteroatoms. The number of unbranched alkanes of at least 4 members (excludes halogenated alkanes) is 1. The lowest BCUT2D eigenvalue weighted by Crippen LogP contribution is -2.25. The summed E-state index contributed by atoms with van der Waals surface area (Å²) in [5.41, 5.74) is 0. The van der Waals surface area contributed by atoms with E-state index in [0.717, 1.165) is 19.4 Å². The molecule has 0 saturated carbocycles. The van der Waals surface area contributed by atoms with Crippen molar-refractivity contribution < 1.29 is 8.42 Å². The van der Waals surface area contributed by atoms with Gasteiger partial charge in [-0.3, -0.25) is 0 Å². The summed E-state index contributed by atoms with van der Waals surface area (Å²) in [7, 11) is -2.99. The van der Waals surface area contributed by atoms with Crippen LogP contribution in [0.2, 0.25) is 0 Å². The summed E-state index contributed by atoms with van der Waals surface area (Å²) < 4.78 is 24.0. The highest BCUT2D eigenvalue weighted by Gasteiger charge is 2.10. The third kappa shape index (κ3) is 5.57. The van der Waals surface area contributed by atoms with Crippen LogP contribution in [0.5, 0.6) is 0 Å². The Morgan fingerprint density at radius 1 is 1.21 bits per heavy atom. The fraction of sp³-hybridized carbons (Fsp3) is 1.00. The topological polar surface area (TPSA) is 49.4 Å². The first-order valence-corrected chi connectivity index (χ1v) is 7.14. The fourth-order valence-corrected chi connectivity index (χ4v) is 2.24. The van der Waals surface area contributed by atoms with Crippen LogP contribution in [0.25, 0.3) is 0 Å². The molecule has 0 aromatic rings. The van der Waals surface area contributed by atoms with Crippen molar-refractivity contribution in [2.24, 2.45) is 0 Å². The molecule has 0 bridgehead atoms. The molecular formula is C9H20N2O2S. The Hall–Kier alpha value is -0.130. The van der Waals surface area contributed by atoms with Gasteiger partial charge >= 0.3 is 0 Å². The summed E-state index contributed by atoms with van der Waals surface area (Å²) in [6, 6.07) is 0. The Labute approximate surface area is 86.7 Å². The van der Waals surface area contributed by atoms with E-state index in [1.165, 1.54) is 32.2 Å². The number of sulfonamides is 1. The predicted molar refractivity (Wildman–Crippen MR) is 57.8 cm³/mol. The Morgan fingerprint density at radius 2 is 1.86 bits per heavy atom. The molecule has 0 atom stereocenters. The van der Waals surface area contributed by atoms with Gasteiger partial charge in [0.2, 0.25) is 10.0 Å². The molecule has 0 aliphatic carbocycles. The van der Waals surface area contributed by atoms with Crippen LogP contribution in [-0.4, -0.2) is 45.8 Å². The average molecular weight is 220 g/mol. The summed E-state index contributed by atoms with van der Waals surface area (Å²) in [6.07, 6.45) is 5.86. The predicted octanol–water partition coefficient (Wildman–Crippen LogP) is 0.412. The van der Waals surface area contributed by atoms with Crippen molar-refractivity contribution in [3.8, 4) is 0 Å². The Balaban J connectivity index is 1.94. The highest BCUT2D eigenvalue weighted by atomic mass is 32.2. The van der Waals surface area contributed by atoms with Crippen LogP contribution >= 0.6 is 0 Å². The third-order valence-corrected chi connectivity index (χ3v) is 3.19. The maximum Gasteiger partial charge on any atom is 0.208 e. The van der Waals surface area contributed by atoms with Gasteiger partial charge in [-0.1, -0.05) is 0 Å². The molecule has 0 spiro atoms. The SMILES string of the molecule is CS(=O)(=O)NCCCCN1CCCC1. The molecular weight excluding hydrogens is 200 g/mol. The smallest absolute Gasteiger partial charge is 0.208 e. The lowest BCUT2D eigenvalue weighted by Gasteiger charge is -2.13. The molecule has 1 saturated heterocycles. The minimum Gasteiger partial charge on any atom is -0.303 e. The molecule has 1 rings (SSSR count). The van der Waals surface area contributed by atoms with E-state index in [1.54, 1.807) is 0 Å². The van der Waals surface area contributed by atoms with Crippen molar-refractivity contribution in [1.82, 2.24) is 9.62 Å². The lowest BCUT2D eigenvalue weighted by atomic mass is 10.3. The van der Waals surface area contributed by atoms with Crippen molar-refractivity contribution in [1.29, 1.82) is 0 Å². The first-order valence-electron chi connectivity index (χ1n) is 5.25. The Bertz CT molecular complexity index is 246. The number of hydrogen-bond acceptors (Lipinski definition) is 3. The zero-order chi connectivity index (χ0) is 10.4. The maximum atomic E-state index is 10.7. The van der Waals surface area contributed by atoms with Crippen LogP contribution in [0.4, 0.5) is 0 Å². The first-order chi connectivity index (χ1) is 6.58. The highest BCUT2D eigenvalue weighted by molar-refractivity contribution is 7.88. The van der Waals surface area contributed by atoms with Crippen molar-refractivity contribution in [3.63, 3.8) is 0 Å². The molecule has 0 aromatic heterocycles. The monoisotopic (exact) mass is 220 g/mol. The molecule has 1 aliphatic heterocycles. The molecule has 4 nitrogen and oxygen atoms in total. The summed E-state index contributed by atoms with van der Waals surface area (Å²) in [5.74, 6) is 0. The molecule has 14 heavy (non-hydrogen) atoms. The van der Waals surface area contributed by atoms with E-state index in [2.05, 4.69) is 9.62 Å². The summed E-state index contributed by atoms with van der Waals surface area (Å²) in [5, 5.41) is 0. The zero-order valence-corrected chi connectivity index (χ0v) is 9.65. The minimum atomic E-state index is -2.99. The molecule has 1 fully saturated rings. The van der Waals surface area contributed by atoms with E-state index in [0.29, 0.717) is 6.54 Å². The van der Waals surface area contributed by atoms with Crippen LogP contribution in [0.15, 0.2) is 0 Å². The summed E-state index contributed by atoms with van der Waals surface area (Å²) >= 11 is 0. The number of nitrogens with zero attached hydrogens (tertiary/aromatic N) is 1. The molecule has 0 unspecified atom stereocenters. The quantitative estimate of drug-likeness (QED) is 0.660. The van der Waals surface area contributed by atoms with Crippen molar-refractivity contribution in [2.75, 3.05) is 32.4 Å². The van der Waals surface area contributed by atoms with Crippen LogP contribution in [-0.2, 0) is 10.0 Å². The highest BCUT2D eigenvalue weighted by Crippen LogP contribution is 2.07. The van der Waals surface area contributed by atoms with Crippen LogP contribution < -0.4 is 4.72 Å². The molecule has 84 valence electrons. The standard InChI is InChI=1S/C9H20N2O2S/c1-14(12,13)10-6-2-3-7-11-8-4-5-9-11/h10H,2-9H2,1H3. The van der Waals surface area contributed by atoms with E-state index in [4.69, 9.17) is 0 Å². The molecule has 0 amide bonds. The molecule has 0 aromatic carbocycles. The third-order valence-electron chi connectivity index (χ3n) is 2.46. The van der Waals surface area contributed by atoms with Gasteiger partial charge in [0.05, 0.1) is 6.26 Å². The molecule has 0 radical (unpaired) electrons. The van der Waals surface area contributed by atoms with Gasteiger partial charge in [0.1, 0.15) is 0 Å². The summed E-state index contributed by atoms with van der Waals surface area (Å²) in [4.78, 5) is 2.44. The maximum absolute atomic E-state index is 10.7. The van der Waals surface area contributed by atoms with Gasteiger partial charge in [0, 0.05) is 6.54 Å². The largest absolute Gasteiger partial charge is 0.303 e. The van der Waals surface area contributed by atoms with Crippen LogP contribution in [0.1, 0.15) is 25.7 Å². The van der Waals surface area contributed by atoms with Crippen molar-refractivity contribution in [3.05, 3.63) is 0 Å². The van der Waals surface area contributed by atoms with E-state index in [1.807, 2.05) is 0 Å². The van der Waals surface area contributed by atoms with Gasteiger partial charge < -0.3 is 4.90 Å². The van der Waals surface area contributed by atoms with Gasteiger partial charge in [-0.2, -0.15) is 0 Å². The van der Waals surface area contributed by atoms with Gasteiger partial charge in [-0.25, -0.2) is 13.1 Å². The van der Waals surface area contributed by atoms with Crippen molar-refractivity contribution >= 4 is 10.0 Å². The van der Waals surface area contributed by atoms with E-state index in [9.17, 15) is 8.42 Å². The number of rotatable bonds is 6. The van der Waals surface area contributed by atoms with Gasteiger partial charge in [-0.15, -0.1) is 0 Å². The van der Waals surface area contributed by atoms with Gasteiger partial charge in [0.25, 0.3) is 0 Å². The minimum absolute atomic E-state index is 0.576. The normalized spacial score (nSPS) is 18.9. The van der Waals surface area contributed by atoms with Crippen LogP contribution in [0.3, 0.4) is 0 Å². The second kappa shape index (κ2) is 5.68. The zero-order valence-electron chi connectivity index (χ0n) is 8.83. The van der Waals surface area contributed by atoms with Crippen LogP contribution in [0, 0.1) is 0 Å². The first kappa shape index (κ1) is 11.9. The summed E-state index contributed by atoms with van der Waals surface area (Å²) in [6.45, 7) is 4.14. The average Bonchev–Trinajstić information content (AvgIpc) is 2.54. The van der Waals surface area contributed by atoms with Crippen molar-refractivity contribution in [2.45, 2.75) is 25.7 Å². The van der Waals surface area contributed by atoms with Gasteiger partial charge in [0.15, 0.2) is 0 Å². The fourth-order valence-electron chi connectivity index (χ4n) is 1.72. The lowest BCUT2D eigenvalue weighted by molar-refractivity contribution is 0.330. The molecule has 1 aliphatic rings. The molecule has 1 heterocycles. The Kier molecular flexibility index (Phi) is 4.84. The second-order valence-electron chi connectivity index (χ2n) is 3.92. The van der Waals surface area contributed by atoms with E-state index in [-0.39, 0.29) is 0 Å². The second-order valence-corrected chi connectivity index (χ2v) is 5.76. The number of hydrogen-bond donors (Lipinski definition) is 1. The number of nitrogens with one attached hydrogen (secondary N) is 1. The molecule has 1 N–H and O–H groups in total. The van der Waals surface area contributed by atoms with E-state index < -0.39 is 10.0 Å². The Morgan fingerprint density at radius 3 is 2.43 bits per heavy atom. The number of likely N-dealkylation sites (tertiary alicyclic amines) is 1.